The van der Waals surface area contributed by atoms with E-state index in [1.54, 1.807) is 6.08 Å². The normalized spacial score (nSPS) is 17.9. The molecular formula is C48H40N4O6. The quantitative estimate of drug-likeness (QED) is 0.158. The number of carbonyl (C=O) groups is 2. The van der Waals surface area contributed by atoms with Crippen molar-refractivity contribution in [3.63, 3.8) is 0 Å². The van der Waals surface area contributed by atoms with Crippen molar-refractivity contribution in [3.8, 4) is 23.0 Å². The standard InChI is InChI=1S/C48H40N4O6/c53-43(51-22-20-35-33-8-1-3-10-37(33)49-45(35)47(51)31-14-16-39-41(25-31)57-27-55-39)18-12-29-6-5-7-30(24-29)13-19-44(54)52-23-21-36-34-9-2-4-11-38(34)50-46(36)48(52)32-15-17-40-42(26-32)58-28-56-40/h1-12,14-18,24-26,47-50H,13,19-23,27-28H2/b18-12+. The van der Waals surface area contributed by atoms with Crippen LogP contribution >= 0.6 is 0 Å². The van der Waals surface area contributed by atoms with Crippen LogP contribution in [0.15, 0.2) is 115 Å². The summed E-state index contributed by atoms with van der Waals surface area (Å²) in [5, 5.41) is 2.39. The predicted molar refractivity (Wildman–Crippen MR) is 220 cm³/mol. The van der Waals surface area contributed by atoms with E-state index in [4.69, 9.17) is 18.9 Å². The minimum atomic E-state index is -0.322. The van der Waals surface area contributed by atoms with Gasteiger partial charge in [0.1, 0.15) is 0 Å². The summed E-state index contributed by atoms with van der Waals surface area (Å²) in [6.45, 7) is 1.56. The fourth-order valence-corrected chi connectivity index (χ4v) is 9.36. The SMILES string of the molecule is O=C(/C=C/c1cccc(CCC(=O)N2CCc3c([nH]c4ccccc34)C2c2ccc3c(c2)OCO3)c1)N1CCc2c([nH]c3ccccc23)C1c1ccc2c(c1)OCO2. The van der Waals surface area contributed by atoms with Gasteiger partial charge in [0.2, 0.25) is 25.4 Å². The molecule has 2 amide bonds. The number of fused-ring (bicyclic) bond motifs is 8. The van der Waals surface area contributed by atoms with Gasteiger partial charge < -0.3 is 38.7 Å². The van der Waals surface area contributed by atoms with Crippen LogP contribution in [-0.4, -0.2) is 58.3 Å². The fourth-order valence-electron chi connectivity index (χ4n) is 9.36. The van der Waals surface area contributed by atoms with E-state index in [-0.39, 0.29) is 37.5 Å². The summed E-state index contributed by atoms with van der Waals surface area (Å²) in [7, 11) is 0. The molecule has 0 saturated carbocycles. The number of aromatic nitrogens is 2. The van der Waals surface area contributed by atoms with Crippen LogP contribution in [0.5, 0.6) is 23.0 Å². The molecule has 7 aromatic rings. The highest BCUT2D eigenvalue weighted by Crippen LogP contribution is 2.44. The van der Waals surface area contributed by atoms with Gasteiger partial charge in [-0.25, -0.2) is 0 Å². The first kappa shape index (κ1) is 34.3. The molecule has 2 aromatic heterocycles. The van der Waals surface area contributed by atoms with Crippen LogP contribution in [-0.2, 0) is 28.9 Å². The van der Waals surface area contributed by atoms with Crippen LogP contribution < -0.4 is 18.9 Å². The Bertz CT molecular complexity index is 2800. The van der Waals surface area contributed by atoms with E-state index in [2.05, 4.69) is 52.4 Å². The molecule has 2 atom stereocenters. The maximum absolute atomic E-state index is 14.2. The largest absolute Gasteiger partial charge is 0.454 e. The van der Waals surface area contributed by atoms with E-state index in [1.807, 2.05) is 82.6 Å². The lowest BCUT2D eigenvalue weighted by Gasteiger charge is -2.36. The molecule has 0 aliphatic carbocycles. The molecule has 6 heterocycles. The summed E-state index contributed by atoms with van der Waals surface area (Å²) >= 11 is 0. The zero-order chi connectivity index (χ0) is 38.7. The fraction of sp³-hybridized carbons (Fsp3) is 0.208. The Hall–Kier alpha value is -6.94. The second-order valence-corrected chi connectivity index (χ2v) is 15.4. The number of carbonyl (C=O) groups excluding carboxylic acids is 2. The maximum atomic E-state index is 14.2. The minimum Gasteiger partial charge on any atom is -0.454 e. The Morgan fingerprint density at radius 2 is 1.19 bits per heavy atom. The van der Waals surface area contributed by atoms with Crippen molar-refractivity contribution in [3.05, 3.63) is 160 Å². The van der Waals surface area contributed by atoms with Crippen LogP contribution in [0.25, 0.3) is 27.9 Å². The number of rotatable bonds is 7. The zero-order valence-electron chi connectivity index (χ0n) is 31.7. The van der Waals surface area contributed by atoms with E-state index in [9.17, 15) is 9.59 Å². The minimum absolute atomic E-state index is 0.0800. The first-order chi connectivity index (χ1) is 28.6. The molecule has 4 aliphatic heterocycles. The van der Waals surface area contributed by atoms with Gasteiger partial charge in [0.15, 0.2) is 23.0 Å². The highest BCUT2D eigenvalue weighted by atomic mass is 16.7. The molecule has 0 spiro atoms. The van der Waals surface area contributed by atoms with Crippen molar-refractivity contribution >= 4 is 39.7 Å². The topological polar surface area (TPSA) is 109 Å². The van der Waals surface area contributed by atoms with Gasteiger partial charge in [-0.15, -0.1) is 0 Å². The van der Waals surface area contributed by atoms with Gasteiger partial charge >= 0.3 is 0 Å². The molecule has 0 saturated heterocycles. The molecule has 0 fully saturated rings. The third-order valence-corrected chi connectivity index (χ3v) is 12.1. The third kappa shape index (κ3) is 5.86. The van der Waals surface area contributed by atoms with Gasteiger partial charge in [0, 0.05) is 58.8 Å². The maximum Gasteiger partial charge on any atom is 0.247 e. The number of H-pyrrole nitrogens is 2. The van der Waals surface area contributed by atoms with E-state index in [1.165, 1.54) is 21.9 Å². The molecular weight excluding hydrogens is 729 g/mol. The summed E-state index contributed by atoms with van der Waals surface area (Å²) in [6, 6.07) is 36.1. The Labute approximate surface area is 334 Å². The van der Waals surface area contributed by atoms with Crippen LogP contribution in [0.2, 0.25) is 0 Å². The molecule has 11 rings (SSSR count). The van der Waals surface area contributed by atoms with E-state index in [0.717, 1.165) is 57.5 Å². The number of nitrogens with one attached hydrogen (secondary N) is 2. The smallest absolute Gasteiger partial charge is 0.247 e. The van der Waals surface area contributed by atoms with E-state index < -0.39 is 0 Å². The lowest BCUT2D eigenvalue weighted by Crippen LogP contribution is -2.40. The van der Waals surface area contributed by atoms with Crippen LogP contribution in [0.4, 0.5) is 0 Å². The zero-order valence-corrected chi connectivity index (χ0v) is 31.7. The molecule has 2 N–H and O–H groups in total. The Kier molecular flexibility index (Phi) is 8.23. The highest BCUT2D eigenvalue weighted by molar-refractivity contribution is 5.94. The highest BCUT2D eigenvalue weighted by Gasteiger charge is 2.36. The number of hydrogen-bond acceptors (Lipinski definition) is 6. The third-order valence-electron chi connectivity index (χ3n) is 12.1. The molecule has 0 radical (unpaired) electrons. The van der Waals surface area contributed by atoms with Gasteiger partial charge in [-0.2, -0.15) is 0 Å². The molecule has 2 unspecified atom stereocenters. The monoisotopic (exact) mass is 768 g/mol. The van der Waals surface area contributed by atoms with Crippen molar-refractivity contribution in [2.24, 2.45) is 0 Å². The number of amides is 2. The van der Waals surface area contributed by atoms with Gasteiger partial charge in [-0.3, -0.25) is 9.59 Å². The lowest BCUT2D eigenvalue weighted by atomic mass is 9.91. The van der Waals surface area contributed by atoms with Crippen molar-refractivity contribution in [2.75, 3.05) is 26.7 Å². The Morgan fingerprint density at radius 3 is 1.83 bits per heavy atom. The number of ether oxygens (including phenoxy) is 4. The summed E-state index contributed by atoms with van der Waals surface area (Å²) in [5.41, 5.74) is 10.6. The van der Waals surface area contributed by atoms with Gasteiger partial charge in [-0.1, -0.05) is 72.8 Å². The second kappa shape index (κ2) is 13.9. The van der Waals surface area contributed by atoms with Crippen LogP contribution in [0, 0.1) is 0 Å². The summed E-state index contributed by atoms with van der Waals surface area (Å²) in [6.07, 6.45) is 5.98. The molecule has 5 aromatic carbocycles. The number of nitrogens with zero attached hydrogens (tertiary/aromatic N) is 2. The van der Waals surface area contributed by atoms with E-state index in [0.29, 0.717) is 48.9 Å². The molecule has 4 aliphatic rings. The second-order valence-electron chi connectivity index (χ2n) is 15.4. The van der Waals surface area contributed by atoms with Crippen molar-refractivity contribution < 1.29 is 28.5 Å². The van der Waals surface area contributed by atoms with Crippen LogP contribution in [0.1, 0.15) is 63.3 Å². The summed E-state index contributed by atoms with van der Waals surface area (Å²) < 4.78 is 22.7. The molecule has 58 heavy (non-hydrogen) atoms. The Morgan fingerprint density at radius 1 is 0.621 bits per heavy atom. The number of hydrogen-bond donors (Lipinski definition) is 2. The average molecular weight is 769 g/mol. The first-order valence-electron chi connectivity index (χ1n) is 19.9. The molecule has 0 bridgehead atoms. The summed E-state index contributed by atoms with van der Waals surface area (Å²) in [5.74, 6) is 2.81. The average Bonchev–Trinajstić information content (AvgIpc) is 4.08. The van der Waals surface area contributed by atoms with Gasteiger partial charge in [-0.05, 0) is 95.1 Å². The molecule has 10 nitrogen and oxygen atoms in total. The van der Waals surface area contributed by atoms with Crippen molar-refractivity contribution in [2.45, 2.75) is 37.8 Å². The van der Waals surface area contributed by atoms with E-state index >= 15 is 0 Å². The molecule has 10 heteroatoms. The predicted octanol–water partition coefficient (Wildman–Crippen LogP) is 8.40. The lowest BCUT2D eigenvalue weighted by molar-refractivity contribution is -0.133. The number of aromatic amines is 2. The van der Waals surface area contributed by atoms with Gasteiger partial charge in [0.25, 0.3) is 0 Å². The van der Waals surface area contributed by atoms with Crippen molar-refractivity contribution in [1.82, 2.24) is 19.8 Å². The van der Waals surface area contributed by atoms with Crippen LogP contribution in [0.3, 0.4) is 0 Å². The number of para-hydroxylation sites is 2. The van der Waals surface area contributed by atoms with Gasteiger partial charge in [0.05, 0.1) is 12.1 Å². The molecule has 288 valence electrons. The first-order valence-corrected chi connectivity index (χ1v) is 19.9. The Balaban J connectivity index is 0.830. The summed E-state index contributed by atoms with van der Waals surface area (Å²) in [4.78, 5) is 39.6. The number of aryl methyl sites for hydroxylation is 1. The number of benzene rings is 5. The van der Waals surface area contributed by atoms with Crippen molar-refractivity contribution in [1.29, 1.82) is 0 Å².